The van der Waals surface area contributed by atoms with Crippen molar-refractivity contribution in [3.05, 3.63) is 77.4 Å². The molecule has 0 aliphatic heterocycles. The van der Waals surface area contributed by atoms with Crippen molar-refractivity contribution in [1.82, 2.24) is 9.97 Å². The molecule has 138 valence electrons. The van der Waals surface area contributed by atoms with E-state index < -0.39 is 5.97 Å². The lowest BCUT2D eigenvalue weighted by molar-refractivity contribution is 0.0602. The number of carbonyl (C=O) groups is 1. The quantitative estimate of drug-likeness (QED) is 0.641. The normalized spacial score (nSPS) is 10.3. The zero-order chi connectivity index (χ0) is 19.2. The Bertz CT molecular complexity index is 962. The molecule has 0 amide bonds. The van der Waals surface area contributed by atoms with E-state index in [1.807, 2.05) is 0 Å². The van der Waals surface area contributed by atoms with Gasteiger partial charge >= 0.3 is 5.97 Å². The number of aryl methyl sites for hydroxylation is 1. The fourth-order valence-corrected chi connectivity index (χ4v) is 2.57. The highest BCUT2D eigenvalue weighted by molar-refractivity contribution is 5.96. The lowest BCUT2D eigenvalue weighted by atomic mass is 10.2. The van der Waals surface area contributed by atoms with Gasteiger partial charge in [-0.1, -0.05) is 30.3 Å². The molecule has 0 saturated heterocycles. The van der Waals surface area contributed by atoms with Crippen LogP contribution >= 0.6 is 0 Å². The summed E-state index contributed by atoms with van der Waals surface area (Å²) in [5, 5.41) is 6.21. The van der Waals surface area contributed by atoms with Gasteiger partial charge in [0.15, 0.2) is 0 Å². The Morgan fingerprint density at radius 1 is 1.07 bits per heavy atom. The summed E-state index contributed by atoms with van der Waals surface area (Å²) in [4.78, 5) is 20.6. The van der Waals surface area contributed by atoms with E-state index in [-0.39, 0.29) is 5.82 Å². The number of benzene rings is 2. The molecule has 7 heteroatoms. The van der Waals surface area contributed by atoms with E-state index in [0.29, 0.717) is 40.8 Å². The van der Waals surface area contributed by atoms with Crippen molar-refractivity contribution in [3.8, 4) is 0 Å². The van der Waals surface area contributed by atoms with Gasteiger partial charge in [-0.05, 0) is 25.1 Å². The number of methoxy groups -OCH3 is 1. The largest absolute Gasteiger partial charge is 0.465 e. The minimum absolute atomic E-state index is 0.277. The average Bonchev–Trinajstić information content (AvgIpc) is 2.67. The number of ether oxygens (including phenoxy) is 1. The molecule has 0 radical (unpaired) electrons. The van der Waals surface area contributed by atoms with Crippen molar-refractivity contribution in [2.75, 3.05) is 17.7 Å². The van der Waals surface area contributed by atoms with Gasteiger partial charge < -0.3 is 15.4 Å². The van der Waals surface area contributed by atoms with Gasteiger partial charge in [0.25, 0.3) is 0 Å². The first-order valence-electron chi connectivity index (χ1n) is 8.34. The Morgan fingerprint density at radius 2 is 1.78 bits per heavy atom. The molecule has 2 N–H and O–H groups in total. The molecule has 1 heterocycles. The van der Waals surface area contributed by atoms with Crippen molar-refractivity contribution >= 4 is 23.3 Å². The number of anilines is 3. The topological polar surface area (TPSA) is 76.1 Å². The molecule has 3 rings (SSSR count). The van der Waals surface area contributed by atoms with Crippen LogP contribution in [-0.2, 0) is 11.3 Å². The number of carbonyl (C=O) groups excluding carboxylic acids is 1. The van der Waals surface area contributed by atoms with E-state index in [1.54, 1.807) is 55.5 Å². The highest BCUT2D eigenvalue weighted by Gasteiger charge is 2.12. The van der Waals surface area contributed by atoms with Gasteiger partial charge in [0.2, 0.25) is 0 Å². The number of para-hydroxylation sites is 1. The van der Waals surface area contributed by atoms with E-state index in [2.05, 4.69) is 20.6 Å². The fourth-order valence-electron chi connectivity index (χ4n) is 2.57. The third-order valence-electron chi connectivity index (χ3n) is 3.85. The summed E-state index contributed by atoms with van der Waals surface area (Å²) in [5.41, 5.74) is 1.51. The average molecular weight is 366 g/mol. The summed E-state index contributed by atoms with van der Waals surface area (Å²) in [7, 11) is 1.33. The van der Waals surface area contributed by atoms with Gasteiger partial charge in [0.1, 0.15) is 23.3 Å². The molecule has 0 saturated carbocycles. The first-order chi connectivity index (χ1) is 13.1. The summed E-state index contributed by atoms with van der Waals surface area (Å²) in [6.45, 7) is 2.05. The Morgan fingerprint density at radius 3 is 2.56 bits per heavy atom. The number of hydrogen-bond donors (Lipinski definition) is 2. The Hall–Kier alpha value is -3.48. The van der Waals surface area contributed by atoms with E-state index in [4.69, 9.17) is 4.74 Å². The maximum Gasteiger partial charge on any atom is 0.339 e. The maximum absolute atomic E-state index is 13.8. The van der Waals surface area contributed by atoms with Crippen LogP contribution in [0.25, 0.3) is 0 Å². The molecule has 0 aliphatic rings. The molecule has 0 bridgehead atoms. The molecular formula is C20H19FN4O2. The van der Waals surface area contributed by atoms with Crippen LogP contribution in [0.4, 0.5) is 21.7 Å². The number of nitrogens with zero attached hydrogens (tertiary/aromatic N) is 2. The minimum atomic E-state index is -0.443. The lowest BCUT2D eigenvalue weighted by Crippen LogP contribution is -2.08. The van der Waals surface area contributed by atoms with Crippen molar-refractivity contribution < 1.29 is 13.9 Å². The van der Waals surface area contributed by atoms with Crippen LogP contribution in [0.5, 0.6) is 0 Å². The number of hydrogen-bond acceptors (Lipinski definition) is 6. The summed E-state index contributed by atoms with van der Waals surface area (Å²) in [5.74, 6) is 0.869. The third-order valence-corrected chi connectivity index (χ3v) is 3.85. The van der Waals surface area contributed by atoms with Crippen LogP contribution in [0.15, 0.2) is 54.6 Å². The van der Waals surface area contributed by atoms with Gasteiger partial charge in [-0.2, -0.15) is 0 Å². The molecule has 6 nitrogen and oxygen atoms in total. The van der Waals surface area contributed by atoms with Crippen LogP contribution in [0.1, 0.15) is 21.7 Å². The second-order valence-corrected chi connectivity index (χ2v) is 5.79. The summed E-state index contributed by atoms with van der Waals surface area (Å²) in [6, 6.07) is 15.2. The number of esters is 1. The molecule has 0 spiro atoms. The second-order valence-electron chi connectivity index (χ2n) is 5.79. The van der Waals surface area contributed by atoms with E-state index >= 15 is 0 Å². The van der Waals surface area contributed by atoms with Crippen molar-refractivity contribution in [2.45, 2.75) is 13.5 Å². The number of aromatic nitrogens is 2. The first-order valence-corrected chi connectivity index (χ1v) is 8.34. The van der Waals surface area contributed by atoms with Crippen LogP contribution in [0, 0.1) is 12.7 Å². The molecule has 3 aromatic rings. The smallest absolute Gasteiger partial charge is 0.339 e. The predicted octanol–water partition coefficient (Wildman–Crippen LogP) is 4.07. The zero-order valence-corrected chi connectivity index (χ0v) is 15.0. The standard InChI is InChI=1S/C20H19FN4O2/c1-13-23-18(22-12-14-7-3-5-9-16(14)21)11-19(24-13)25-17-10-6-4-8-15(17)20(26)27-2/h3-11H,12H2,1-2H3,(H2,22,23,24,25). The molecule has 1 aromatic heterocycles. The molecule has 2 aromatic carbocycles. The number of nitrogens with one attached hydrogen (secondary N) is 2. The van der Waals surface area contributed by atoms with Crippen molar-refractivity contribution in [1.29, 1.82) is 0 Å². The highest BCUT2D eigenvalue weighted by Crippen LogP contribution is 2.22. The third kappa shape index (κ3) is 4.58. The van der Waals surface area contributed by atoms with E-state index in [1.165, 1.54) is 13.2 Å². The van der Waals surface area contributed by atoms with E-state index in [9.17, 15) is 9.18 Å². The van der Waals surface area contributed by atoms with Crippen LogP contribution < -0.4 is 10.6 Å². The predicted molar refractivity (Wildman–Crippen MR) is 102 cm³/mol. The van der Waals surface area contributed by atoms with Crippen molar-refractivity contribution in [2.24, 2.45) is 0 Å². The minimum Gasteiger partial charge on any atom is -0.465 e. The molecule has 27 heavy (non-hydrogen) atoms. The van der Waals surface area contributed by atoms with Crippen LogP contribution in [-0.4, -0.2) is 23.0 Å². The maximum atomic E-state index is 13.8. The second kappa shape index (κ2) is 8.27. The highest BCUT2D eigenvalue weighted by atomic mass is 19.1. The van der Waals surface area contributed by atoms with Crippen molar-refractivity contribution in [3.63, 3.8) is 0 Å². The summed E-state index contributed by atoms with van der Waals surface area (Å²) in [6.07, 6.45) is 0. The molecule has 0 aliphatic carbocycles. The SMILES string of the molecule is COC(=O)c1ccccc1Nc1cc(NCc2ccccc2F)nc(C)n1. The van der Waals surface area contributed by atoms with Crippen LogP contribution in [0.2, 0.25) is 0 Å². The molecular weight excluding hydrogens is 347 g/mol. The van der Waals surface area contributed by atoms with Crippen LogP contribution in [0.3, 0.4) is 0 Å². The monoisotopic (exact) mass is 366 g/mol. The summed E-state index contributed by atoms with van der Waals surface area (Å²) >= 11 is 0. The molecule has 0 atom stereocenters. The Labute approximate surface area is 156 Å². The molecule has 0 unspecified atom stereocenters. The van der Waals surface area contributed by atoms with Gasteiger partial charge in [-0.3, -0.25) is 0 Å². The van der Waals surface area contributed by atoms with Gasteiger partial charge in [0.05, 0.1) is 18.4 Å². The van der Waals surface area contributed by atoms with Gasteiger partial charge in [-0.15, -0.1) is 0 Å². The summed E-state index contributed by atoms with van der Waals surface area (Å²) < 4.78 is 18.6. The fraction of sp³-hybridized carbons (Fsp3) is 0.150. The lowest BCUT2D eigenvalue weighted by Gasteiger charge is -2.12. The first kappa shape index (κ1) is 18.3. The zero-order valence-electron chi connectivity index (χ0n) is 15.0. The Balaban J connectivity index is 1.80. The Kier molecular flexibility index (Phi) is 5.61. The molecule has 0 fully saturated rings. The van der Waals surface area contributed by atoms with E-state index in [0.717, 1.165) is 0 Å². The number of rotatable bonds is 6. The van der Waals surface area contributed by atoms with Gasteiger partial charge in [-0.25, -0.2) is 19.2 Å². The number of halogens is 1. The van der Waals surface area contributed by atoms with Gasteiger partial charge in [0, 0.05) is 18.2 Å².